The molecule has 0 bridgehead atoms. The summed E-state index contributed by atoms with van der Waals surface area (Å²) in [4.78, 5) is 33.3. The molecule has 1 aliphatic rings. The van der Waals surface area contributed by atoms with Crippen LogP contribution in [0.25, 0.3) is 16.3 Å². The zero-order valence-electron chi connectivity index (χ0n) is 23.0. The van der Waals surface area contributed by atoms with Gasteiger partial charge in [0.15, 0.2) is 28.2 Å². The quantitative estimate of drug-likeness (QED) is 0.201. The summed E-state index contributed by atoms with van der Waals surface area (Å²) in [7, 11) is 0. The number of rotatable bonds is 11. The number of benzene rings is 3. The van der Waals surface area contributed by atoms with Crippen molar-refractivity contribution in [3.05, 3.63) is 95.3 Å². The molecule has 1 unspecified atom stereocenters. The number of ketones is 1. The monoisotopic (exact) mass is 570 g/mol. The van der Waals surface area contributed by atoms with Gasteiger partial charge in [0, 0.05) is 0 Å². The molecule has 1 aliphatic heterocycles. The number of nitrogens with zero attached hydrogens (tertiary/aromatic N) is 2. The number of allylic oxidation sites excluding steroid dienone is 1. The van der Waals surface area contributed by atoms with Gasteiger partial charge in [-0.1, -0.05) is 53.8 Å². The number of aromatic nitrogens is 1. The largest absolute Gasteiger partial charge is 0.503 e. The minimum absolute atomic E-state index is 0.0388. The van der Waals surface area contributed by atoms with Crippen LogP contribution in [0.3, 0.4) is 0 Å². The molecule has 5 rings (SSSR count). The van der Waals surface area contributed by atoms with Crippen LogP contribution in [0, 0.1) is 0 Å². The highest BCUT2D eigenvalue weighted by Crippen LogP contribution is 2.45. The normalized spacial score (nSPS) is 15.2. The van der Waals surface area contributed by atoms with Crippen molar-refractivity contribution >= 4 is 44.5 Å². The van der Waals surface area contributed by atoms with Crippen molar-refractivity contribution in [1.82, 2.24) is 4.98 Å². The van der Waals surface area contributed by atoms with Crippen LogP contribution >= 0.6 is 11.3 Å². The topological polar surface area (TPSA) is 98.2 Å². The molecule has 1 N–H and O–H groups in total. The van der Waals surface area contributed by atoms with Crippen LogP contribution < -0.4 is 19.1 Å². The third kappa shape index (κ3) is 5.67. The van der Waals surface area contributed by atoms with Crippen molar-refractivity contribution in [2.45, 2.75) is 26.8 Å². The van der Waals surface area contributed by atoms with Gasteiger partial charge in [-0.15, -0.1) is 0 Å². The molecule has 0 saturated heterocycles. The first-order chi connectivity index (χ1) is 19.9. The molecule has 0 fully saturated rings. The van der Waals surface area contributed by atoms with Crippen molar-refractivity contribution in [2.75, 3.05) is 24.7 Å². The van der Waals surface area contributed by atoms with Crippen LogP contribution in [-0.2, 0) is 9.59 Å². The number of carbonyl (C=O) groups excluding carboxylic acids is 2. The van der Waals surface area contributed by atoms with Gasteiger partial charge in [0.1, 0.15) is 5.75 Å². The van der Waals surface area contributed by atoms with E-state index in [1.807, 2.05) is 69.3 Å². The van der Waals surface area contributed by atoms with Crippen molar-refractivity contribution in [3.63, 3.8) is 0 Å². The average Bonchev–Trinajstić information content (AvgIpc) is 3.51. The zero-order valence-corrected chi connectivity index (χ0v) is 23.8. The van der Waals surface area contributed by atoms with Crippen molar-refractivity contribution in [2.24, 2.45) is 0 Å². The van der Waals surface area contributed by atoms with E-state index in [9.17, 15) is 14.7 Å². The third-order valence-corrected chi connectivity index (χ3v) is 7.47. The molecule has 9 heteroatoms. The summed E-state index contributed by atoms with van der Waals surface area (Å²) >= 11 is 1.28. The number of aliphatic hydroxyl groups excluding tert-OH is 1. The maximum absolute atomic E-state index is 13.6. The maximum Gasteiger partial charge on any atom is 0.296 e. The lowest BCUT2D eigenvalue weighted by Crippen LogP contribution is -2.30. The van der Waals surface area contributed by atoms with Crippen LogP contribution in [0.5, 0.6) is 17.2 Å². The van der Waals surface area contributed by atoms with E-state index in [0.717, 1.165) is 10.3 Å². The number of amides is 1. The lowest BCUT2D eigenvalue weighted by atomic mass is 9.95. The van der Waals surface area contributed by atoms with E-state index in [1.54, 1.807) is 24.3 Å². The summed E-state index contributed by atoms with van der Waals surface area (Å²) in [5, 5.41) is 11.5. The summed E-state index contributed by atoms with van der Waals surface area (Å²) in [6, 6.07) is 19.1. The Hall–Kier alpha value is -4.63. The molecule has 0 saturated carbocycles. The number of fused-ring (bicyclic) bond motifs is 1. The molecule has 1 atom stereocenters. The number of ether oxygens (including phenoxy) is 3. The molecule has 3 aromatic carbocycles. The van der Waals surface area contributed by atoms with Crippen LogP contribution in [-0.4, -0.2) is 41.6 Å². The molecule has 0 radical (unpaired) electrons. The highest BCUT2D eigenvalue weighted by molar-refractivity contribution is 7.22. The zero-order chi connectivity index (χ0) is 28.9. The number of aliphatic hydroxyl groups is 1. The second kappa shape index (κ2) is 12.3. The molecule has 8 nitrogen and oxygen atoms in total. The highest BCUT2D eigenvalue weighted by Gasteiger charge is 2.45. The first-order valence-electron chi connectivity index (χ1n) is 13.4. The number of thiazole rings is 1. The Bertz CT molecular complexity index is 1640. The van der Waals surface area contributed by atoms with Gasteiger partial charge in [-0.05, 0) is 68.3 Å². The Kier molecular flexibility index (Phi) is 8.35. The number of hydrogen-bond acceptors (Lipinski definition) is 8. The highest BCUT2D eigenvalue weighted by atomic mass is 32.1. The van der Waals surface area contributed by atoms with E-state index >= 15 is 0 Å². The summed E-state index contributed by atoms with van der Waals surface area (Å²) in [5.41, 5.74) is 2.02. The summed E-state index contributed by atoms with van der Waals surface area (Å²) in [6.07, 6.45) is 3.03. The van der Waals surface area contributed by atoms with Gasteiger partial charge in [-0.3, -0.25) is 14.5 Å². The lowest BCUT2D eigenvalue weighted by Gasteiger charge is -2.25. The fraction of sp³-hybridized carbons (Fsp3) is 0.219. The Morgan fingerprint density at radius 2 is 1.68 bits per heavy atom. The Morgan fingerprint density at radius 1 is 0.951 bits per heavy atom. The molecule has 0 aliphatic carbocycles. The maximum atomic E-state index is 13.6. The van der Waals surface area contributed by atoms with E-state index in [2.05, 4.69) is 0 Å². The molecule has 2 heterocycles. The van der Waals surface area contributed by atoms with E-state index in [1.165, 1.54) is 22.3 Å². The van der Waals surface area contributed by atoms with Crippen LogP contribution in [0.4, 0.5) is 5.13 Å². The van der Waals surface area contributed by atoms with Gasteiger partial charge >= 0.3 is 0 Å². The molecular formula is C32H30N2O6S. The summed E-state index contributed by atoms with van der Waals surface area (Å²) in [5.74, 6) is -0.0966. The van der Waals surface area contributed by atoms with Gasteiger partial charge in [-0.25, -0.2) is 4.98 Å². The first kappa shape index (κ1) is 27.9. The predicted octanol–water partition coefficient (Wildman–Crippen LogP) is 6.67. The van der Waals surface area contributed by atoms with Crippen LogP contribution in [0.2, 0.25) is 0 Å². The second-order valence-electron chi connectivity index (χ2n) is 9.08. The third-order valence-electron chi connectivity index (χ3n) is 6.45. The lowest BCUT2D eigenvalue weighted by molar-refractivity contribution is -0.117. The Labute approximate surface area is 242 Å². The standard InChI is InChI=1S/C32H30N2O6S/c1-4-38-22-14-15-23-27(19-22)41-32(33-23)34-29(21-13-17-25(39-5-2)26(18-21)40-6-3)28(30(36)31(34)37)24(35)16-12-20-10-8-7-9-11-20/h7-19,29,36H,4-6H2,1-3H3. The number of carbonyl (C=O) groups is 2. The molecule has 210 valence electrons. The molecule has 1 aromatic heterocycles. The molecule has 4 aromatic rings. The van der Waals surface area contributed by atoms with Gasteiger partial charge in [0.05, 0.1) is 41.7 Å². The fourth-order valence-electron chi connectivity index (χ4n) is 4.69. The number of anilines is 1. The predicted molar refractivity (Wildman–Crippen MR) is 160 cm³/mol. The van der Waals surface area contributed by atoms with Crippen LogP contribution in [0.1, 0.15) is 37.9 Å². The molecular weight excluding hydrogens is 540 g/mol. The fourth-order valence-corrected chi connectivity index (χ4v) is 5.71. The molecule has 0 spiro atoms. The first-order valence-corrected chi connectivity index (χ1v) is 14.2. The summed E-state index contributed by atoms with van der Waals surface area (Å²) in [6.45, 7) is 7.00. The Balaban J connectivity index is 1.62. The van der Waals surface area contributed by atoms with E-state index < -0.39 is 23.5 Å². The average molecular weight is 571 g/mol. The van der Waals surface area contributed by atoms with E-state index in [-0.39, 0.29) is 5.57 Å². The minimum atomic E-state index is -0.947. The molecule has 41 heavy (non-hydrogen) atoms. The van der Waals surface area contributed by atoms with Gasteiger partial charge < -0.3 is 19.3 Å². The minimum Gasteiger partial charge on any atom is -0.503 e. The van der Waals surface area contributed by atoms with Gasteiger partial charge in [0.2, 0.25) is 0 Å². The van der Waals surface area contributed by atoms with Crippen molar-refractivity contribution in [3.8, 4) is 17.2 Å². The van der Waals surface area contributed by atoms with Crippen LogP contribution in [0.15, 0.2) is 84.1 Å². The Morgan fingerprint density at radius 3 is 2.41 bits per heavy atom. The smallest absolute Gasteiger partial charge is 0.296 e. The second-order valence-corrected chi connectivity index (χ2v) is 10.1. The van der Waals surface area contributed by atoms with Crippen molar-refractivity contribution in [1.29, 1.82) is 0 Å². The van der Waals surface area contributed by atoms with Crippen molar-refractivity contribution < 1.29 is 28.9 Å². The van der Waals surface area contributed by atoms with Gasteiger partial charge in [0.25, 0.3) is 5.91 Å². The SMILES string of the molecule is CCOc1ccc2nc(N3C(=O)C(O)=C(C(=O)C=Cc4ccccc4)C3c3ccc(OCC)c(OCC)c3)sc2c1. The number of hydrogen-bond donors (Lipinski definition) is 1. The van der Waals surface area contributed by atoms with E-state index in [0.29, 0.717) is 53.3 Å². The van der Waals surface area contributed by atoms with E-state index in [4.69, 9.17) is 19.2 Å². The molecule has 1 amide bonds. The van der Waals surface area contributed by atoms with Gasteiger partial charge in [-0.2, -0.15) is 0 Å². The summed E-state index contributed by atoms with van der Waals surface area (Å²) < 4.78 is 18.0.